The quantitative estimate of drug-likeness (QED) is 0.322. The Labute approximate surface area is 192 Å². The third kappa shape index (κ3) is 5.14. The van der Waals surface area contributed by atoms with Crippen molar-refractivity contribution in [2.24, 2.45) is 0 Å². The fourth-order valence-corrected chi connectivity index (χ4v) is 3.83. The zero-order chi connectivity index (χ0) is 23.2. The molecule has 0 aliphatic carbocycles. The Kier molecular flexibility index (Phi) is 6.58. The molecule has 4 aromatic carbocycles. The van der Waals surface area contributed by atoms with E-state index in [4.69, 9.17) is 10.5 Å². The van der Waals surface area contributed by atoms with Crippen LogP contribution in [0.1, 0.15) is 28.7 Å². The van der Waals surface area contributed by atoms with Gasteiger partial charge in [0.15, 0.2) is 0 Å². The van der Waals surface area contributed by atoms with Gasteiger partial charge >= 0.3 is 0 Å². The maximum absolute atomic E-state index is 14.8. The Bertz CT molecular complexity index is 1360. The van der Waals surface area contributed by atoms with E-state index in [0.29, 0.717) is 33.4 Å². The first kappa shape index (κ1) is 21.9. The van der Waals surface area contributed by atoms with Gasteiger partial charge in [0, 0.05) is 11.1 Å². The van der Waals surface area contributed by atoms with E-state index in [1.54, 1.807) is 54.6 Å². The second-order valence-corrected chi connectivity index (χ2v) is 7.86. The number of hydrogen-bond acceptors (Lipinski definition) is 2. The molecule has 160 valence electrons. The molecule has 0 aromatic heterocycles. The summed E-state index contributed by atoms with van der Waals surface area (Å²) in [4.78, 5) is 0. The molecule has 0 radical (unpaired) electrons. The van der Waals surface area contributed by atoms with E-state index in [-0.39, 0.29) is 5.82 Å². The van der Waals surface area contributed by atoms with Gasteiger partial charge in [-0.1, -0.05) is 48.5 Å². The lowest BCUT2D eigenvalue weighted by atomic mass is 9.97. The average molecular weight is 434 g/mol. The Morgan fingerprint density at radius 2 is 1.03 bits per heavy atom. The van der Waals surface area contributed by atoms with Crippen molar-refractivity contribution in [2.75, 3.05) is 0 Å². The highest BCUT2D eigenvalue weighted by molar-refractivity contribution is 5.71. The van der Waals surface area contributed by atoms with Gasteiger partial charge in [0.05, 0.1) is 23.3 Å². The van der Waals surface area contributed by atoms with Crippen LogP contribution in [0.25, 0.3) is 22.3 Å². The molecule has 0 aliphatic heterocycles. The van der Waals surface area contributed by atoms with Gasteiger partial charge < -0.3 is 0 Å². The normalized spacial score (nSPS) is 10.4. The Morgan fingerprint density at radius 3 is 1.64 bits per heavy atom. The SMILES string of the molecule is N#Cc1ccc(CCCc2ccc(-c3ccc(-c4ccc(C#N)cc4)c(F)c3)c(F)c2)cc1. The number of rotatable bonds is 6. The van der Waals surface area contributed by atoms with Gasteiger partial charge in [0.25, 0.3) is 0 Å². The van der Waals surface area contributed by atoms with Gasteiger partial charge in [-0.15, -0.1) is 0 Å². The number of benzene rings is 4. The van der Waals surface area contributed by atoms with Crippen LogP contribution < -0.4 is 0 Å². The van der Waals surface area contributed by atoms with Crippen LogP contribution in [0.5, 0.6) is 0 Å². The van der Waals surface area contributed by atoms with E-state index in [0.717, 1.165) is 30.4 Å². The van der Waals surface area contributed by atoms with E-state index in [9.17, 15) is 8.78 Å². The smallest absolute Gasteiger partial charge is 0.131 e. The van der Waals surface area contributed by atoms with E-state index >= 15 is 0 Å². The molecule has 0 fully saturated rings. The summed E-state index contributed by atoms with van der Waals surface area (Å²) in [7, 11) is 0. The summed E-state index contributed by atoms with van der Waals surface area (Å²) in [5, 5.41) is 17.8. The number of aryl methyl sites for hydroxylation is 2. The number of nitriles is 2. The average Bonchev–Trinajstić information content (AvgIpc) is 2.85. The van der Waals surface area contributed by atoms with Crippen molar-refractivity contribution in [1.29, 1.82) is 10.5 Å². The highest BCUT2D eigenvalue weighted by Crippen LogP contribution is 2.30. The van der Waals surface area contributed by atoms with E-state index in [2.05, 4.69) is 6.07 Å². The van der Waals surface area contributed by atoms with Crippen LogP contribution in [-0.2, 0) is 12.8 Å². The van der Waals surface area contributed by atoms with Crippen molar-refractivity contribution in [2.45, 2.75) is 19.3 Å². The van der Waals surface area contributed by atoms with Crippen molar-refractivity contribution >= 4 is 0 Å². The predicted molar refractivity (Wildman–Crippen MR) is 125 cm³/mol. The van der Waals surface area contributed by atoms with E-state index in [1.807, 2.05) is 24.3 Å². The van der Waals surface area contributed by atoms with Crippen molar-refractivity contribution < 1.29 is 8.78 Å². The maximum Gasteiger partial charge on any atom is 0.131 e. The summed E-state index contributed by atoms with van der Waals surface area (Å²) in [6.07, 6.45) is 2.43. The van der Waals surface area contributed by atoms with Crippen LogP contribution in [0, 0.1) is 34.3 Å². The lowest BCUT2D eigenvalue weighted by Gasteiger charge is -2.10. The molecule has 0 spiro atoms. The Balaban J connectivity index is 1.45. The van der Waals surface area contributed by atoms with Gasteiger partial charge in [0.1, 0.15) is 11.6 Å². The molecule has 4 heteroatoms. The van der Waals surface area contributed by atoms with Gasteiger partial charge in [-0.2, -0.15) is 10.5 Å². The van der Waals surface area contributed by atoms with Crippen LogP contribution in [-0.4, -0.2) is 0 Å². The van der Waals surface area contributed by atoms with Crippen LogP contribution in [0.4, 0.5) is 8.78 Å². The molecule has 0 saturated heterocycles. The highest BCUT2D eigenvalue weighted by atomic mass is 19.1. The highest BCUT2D eigenvalue weighted by Gasteiger charge is 2.11. The summed E-state index contributed by atoms with van der Waals surface area (Å²) in [5.74, 6) is -0.820. The molecule has 2 nitrogen and oxygen atoms in total. The molecule has 0 atom stereocenters. The van der Waals surface area contributed by atoms with Gasteiger partial charge in [-0.25, -0.2) is 8.78 Å². The summed E-state index contributed by atoms with van der Waals surface area (Å²) < 4.78 is 29.6. The Hall–Kier alpha value is -4.28. The third-order valence-electron chi connectivity index (χ3n) is 5.65. The molecule has 0 amide bonds. The molecule has 0 bridgehead atoms. The first-order valence-electron chi connectivity index (χ1n) is 10.7. The molecule has 0 unspecified atom stereocenters. The first-order valence-corrected chi connectivity index (χ1v) is 10.7. The standard InChI is InChI=1S/C29H20F2N2/c30-28-16-21(3-1-2-20-4-6-22(18-32)7-5-20)10-14-27(28)25-13-15-26(29(31)17-25)24-11-8-23(19-33)9-12-24/h4-17H,1-3H2. The largest absolute Gasteiger partial charge is 0.206 e. The second kappa shape index (κ2) is 9.90. The third-order valence-corrected chi connectivity index (χ3v) is 5.65. The van der Waals surface area contributed by atoms with Crippen LogP contribution in [0.2, 0.25) is 0 Å². The molecule has 0 N–H and O–H groups in total. The summed E-state index contributed by atoms with van der Waals surface area (Å²) in [6.45, 7) is 0. The summed E-state index contributed by atoms with van der Waals surface area (Å²) >= 11 is 0. The van der Waals surface area contributed by atoms with Gasteiger partial charge in [0.2, 0.25) is 0 Å². The topological polar surface area (TPSA) is 47.6 Å². The number of nitrogens with zero attached hydrogens (tertiary/aromatic N) is 2. The second-order valence-electron chi connectivity index (χ2n) is 7.86. The van der Waals surface area contributed by atoms with Crippen molar-refractivity contribution in [3.8, 4) is 34.4 Å². The van der Waals surface area contributed by atoms with Crippen LogP contribution >= 0.6 is 0 Å². The van der Waals surface area contributed by atoms with Crippen molar-refractivity contribution in [3.05, 3.63) is 119 Å². The monoisotopic (exact) mass is 434 g/mol. The molecule has 0 aliphatic rings. The van der Waals surface area contributed by atoms with Crippen LogP contribution in [0.15, 0.2) is 84.9 Å². The zero-order valence-electron chi connectivity index (χ0n) is 17.9. The summed E-state index contributed by atoms with van der Waals surface area (Å²) in [5.41, 5.74) is 5.08. The van der Waals surface area contributed by atoms with Gasteiger partial charge in [-0.05, 0) is 77.9 Å². The predicted octanol–water partition coefficient (Wildman–Crippen LogP) is 7.22. The van der Waals surface area contributed by atoms with Crippen molar-refractivity contribution in [3.63, 3.8) is 0 Å². The molecule has 0 saturated carbocycles. The minimum Gasteiger partial charge on any atom is -0.206 e. The fourth-order valence-electron chi connectivity index (χ4n) is 3.83. The van der Waals surface area contributed by atoms with Crippen molar-refractivity contribution in [1.82, 2.24) is 0 Å². The summed E-state index contributed by atoms with van der Waals surface area (Å²) in [6, 6.07) is 28.1. The van der Waals surface area contributed by atoms with Crippen LogP contribution in [0.3, 0.4) is 0 Å². The fraction of sp³-hybridized carbons (Fsp3) is 0.103. The van der Waals surface area contributed by atoms with E-state index < -0.39 is 5.82 Å². The van der Waals surface area contributed by atoms with E-state index in [1.165, 1.54) is 12.1 Å². The number of hydrogen-bond donors (Lipinski definition) is 0. The maximum atomic E-state index is 14.8. The molecule has 33 heavy (non-hydrogen) atoms. The molecule has 4 aromatic rings. The lowest BCUT2D eigenvalue weighted by Crippen LogP contribution is -1.94. The molecular weight excluding hydrogens is 414 g/mol. The minimum absolute atomic E-state index is 0.358. The first-order chi connectivity index (χ1) is 16.1. The molecule has 0 heterocycles. The zero-order valence-corrected chi connectivity index (χ0v) is 17.9. The molecular formula is C29H20F2N2. The Morgan fingerprint density at radius 1 is 0.545 bits per heavy atom. The number of halogens is 2. The van der Waals surface area contributed by atoms with Gasteiger partial charge in [-0.3, -0.25) is 0 Å². The lowest BCUT2D eigenvalue weighted by molar-refractivity contribution is 0.624. The minimum atomic E-state index is -0.442. The molecule has 4 rings (SSSR count).